The Kier molecular flexibility index (Phi) is 8.74. The summed E-state index contributed by atoms with van der Waals surface area (Å²) in [6.45, 7) is 1.82. The predicted octanol–water partition coefficient (Wildman–Crippen LogP) is 5.48. The molecule has 0 fully saturated rings. The first-order valence-corrected chi connectivity index (χ1v) is 13.1. The summed E-state index contributed by atoms with van der Waals surface area (Å²) in [5.41, 5.74) is 0.531. The zero-order valence-electron chi connectivity index (χ0n) is 19.2. The number of ether oxygens (including phenoxy) is 1. The van der Waals surface area contributed by atoms with E-state index in [2.05, 4.69) is 5.32 Å². The summed E-state index contributed by atoms with van der Waals surface area (Å²) < 4.78 is 36.5. The van der Waals surface area contributed by atoms with E-state index in [1.807, 2.05) is 29.5 Å². The first-order valence-electron chi connectivity index (χ1n) is 10.2. The fourth-order valence-corrected chi connectivity index (χ4v) is 5.00. The summed E-state index contributed by atoms with van der Waals surface area (Å²) in [4.78, 5) is 23.0. The highest BCUT2D eigenvalue weighted by molar-refractivity contribution is 14.1. The highest BCUT2D eigenvalue weighted by Crippen LogP contribution is 2.37. The third kappa shape index (κ3) is 6.76. The smallest absolute Gasteiger partial charge is 0.339 e. The number of amides is 1. The summed E-state index contributed by atoms with van der Waals surface area (Å²) in [5.74, 6) is -0.874. The van der Waals surface area contributed by atoms with E-state index in [1.54, 1.807) is 18.2 Å². The van der Waals surface area contributed by atoms with Crippen molar-refractivity contribution >= 4 is 67.7 Å². The maximum absolute atomic E-state index is 12.8. The van der Waals surface area contributed by atoms with E-state index >= 15 is 0 Å². The van der Waals surface area contributed by atoms with E-state index in [9.17, 15) is 28.6 Å². The quantitative estimate of drug-likeness (QED) is 0.0839. The van der Waals surface area contributed by atoms with Crippen LogP contribution in [-0.2, 0) is 14.9 Å². The van der Waals surface area contributed by atoms with Crippen LogP contribution < -0.4 is 14.2 Å². The Morgan fingerprint density at radius 1 is 1.19 bits per heavy atom. The first-order chi connectivity index (χ1) is 17.4. The number of carbonyl (C=O) groups excluding carboxylic acids is 1. The SMILES string of the molecule is COc1cc(/C=C(\C#N)C(=O)Nc2cc([N+](=O)[O-])ccc2Cl)cc(I)c1OS(=O)(=O)c1ccc(C)cc1. The number of nitrogens with one attached hydrogen (secondary N) is 1. The van der Waals surface area contributed by atoms with Gasteiger partial charge in [0, 0.05) is 12.1 Å². The highest BCUT2D eigenvalue weighted by Gasteiger charge is 2.22. The number of nitrogens with zero attached hydrogens (tertiary/aromatic N) is 2. The molecule has 3 aromatic rings. The molecule has 0 heterocycles. The largest absolute Gasteiger partial charge is 0.493 e. The normalized spacial score (nSPS) is 11.4. The van der Waals surface area contributed by atoms with Gasteiger partial charge in [0.2, 0.25) is 0 Å². The first kappa shape index (κ1) is 27.9. The molecule has 3 aromatic carbocycles. The zero-order valence-corrected chi connectivity index (χ0v) is 22.9. The minimum absolute atomic E-state index is 0.0387. The average molecular weight is 654 g/mol. The van der Waals surface area contributed by atoms with Crippen LogP contribution in [0.2, 0.25) is 5.02 Å². The Morgan fingerprint density at radius 2 is 1.86 bits per heavy atom. The highest BCUT2D eigenvalue weighted by atomic mass is 127. The number of nitro benzene ring substituents is 1. The summed E-state index contributed by atoms with van der Waals surface area (Å²) in [6.07, 6.45) is 1.24. The second-order valence-electron chi connectivity index (χ2n) is 7.43. The molecular weight excluding hydrogens is 637 g/mol. The number of nitro groups is 1. The van der Waals surface area contributed by atoms with Gasteiger partial charge in [0.25, 0.3) is 11.6 Å². The van der Waals surface area contributed by atoms with Gasteiger partial charge in [-0.05, 0) is 71.5 Å². The molecule has 1 N–H and O–H groups in total. The third-order valence-electron chi connectivity index (χ3n) is 4.84. The minimum atomic E-state index is -4.16. The number of nitriles is 1. The van der Waals surface area contributed by atoms with E-state index in [1.165, 1.54) is 49.6 Å². The number of halogens is 2. The molecule has 3 rings (SSSR count). The van der Waals surface area contributed by atoms with Gasteiger partial charge in [-0.1, -0.05) is 29.3 Å². The van der Waals surface area contributed by atoms with Crippen LogP contribution in [0.25, 0.3) is 6.08 Å². The van der Waals surface area contributed by atoms with Crippen molar-refractivity contribution in [1.29, 1.82) is 5.26 Å². The summed E-state index contributed by atoms with van der Waals surface area (Å²) >= 11 is 7.86. The lowest BCUT2D eigenvalue weighted by Gasteiger charge is -2.14. The molecule has 0 unspecified atom stereocenters. The zero-order chi connectivity index (χ0) is 27.3. The molecule has 1 amide bonds. The van der Waals surface area contributed by atoms with E-state index in [4.69, 9.17) is 20.5 Å². The second kappa shape index (κ2) is 11.6. The topological polar surface area (TPSA) is 149 Å². The van der Waals surface area contributed by atoms with Crippen LogP contribution in [-0.4, -0.2) is 26.4 Å². The van der Waals surface area contributed by atoms with Crippen molar-refractivity contribution < 1.29 is 27.1 Å². The number of anilines is 1. The van der Waals surface area contributed by atoms with Gasteiger partial charge in [-0.3, -0.25) is 14.9 Å². The van der Waals surface area contributed by atoms with Gasteiger partial charge in [-0.25, -0.2) is 0 Å². The molecule has 0 aliphatic rings. The molecule has 10 nitrogen and oxygen atoms in total. The standard InChI is InChI=1S/C24H17ClIN3O7S/c1-14-3-6-18(7-4-14)37(33,34)36-23-20(26)10-15(11-22(23)35-2)9-16(13-27)24(30)28-21-12-17(29(31)32)5-8-19(21)25/h3-12H,1-2H3,(H,28,30)/b16-9+. The van der Waals surface area contributed by atoms with Crippen LogP contribution in [0.4, 0.5) is 11.4 Å². The number of carbonyl (C=O) groups is 1. The molecule has 0 radical (unpaired) electrons. The second-order valence-corrected chi connectivity index (χ2v) is 10.5. The lowest BCUT2D eigenvalue weighted by Crippen LogP contribution is -2.14. The van der Waals surface area contributed by atoms with Crippen molar-refractivity contribution in [2.24, 2.45) is 0 Å². The van der Waals surface area contributed by atoms with E-state index in [0.717, 1.165) is 11.6 Å². The lowest BCUT2D eigenvalue weighted by molar-refractivity contribution is -0.384. The molecule has 0 bridgehead atoms. The molecule has 37 heavy (non-hydrogen) atoms. The fraction of sp³-hybridized carbons (Fsp3) is 0.0833. The van der Waals surface area contributed by atoms with Crippen molar-refractivity contribution in [2.45, 2.75) is 11.8 Å². The van der Waals surface area contributed by atoms with Crippen LogP contribution in [0.1, 0.15) is 11.1 Å². The molecule has 13 heteroatoms. The monoisotopic (exact) mass is 653 g/mol. The van der Waals surface area contributed by atoms with Crippen molar-refractivity contribution in [3.05, 3.63) is 90.0 Å². The minimum Gasteiger partial charge on any atom is -0.493 e. The summed E-state index contributed by atoms with van der Waals surface area (Å²) in [7, 11) is -2.85. The van der Waals surface area contributed by atoms with Crippen LogP contribution in [0, 0.1) is 31.9 Å². The van der Waals surface area contributed by atoms with Crippen molar-refractivity contribution in [3.63, 3.8) is 0 Å². The molecule has 0 spiro atoms. The Hall–Kier alpha value is -3.67. The Balaban J connectivity index is 1.92. The fourth-order valence-electron chi connectivity index (χ4n) is 2.99. The number of non-ortho nitro benzene ring substituents is 1. The molecule has 0 atom stereocenters. The van der Waals surface area contributed by atoms with Gasteiger partial charge in [0.15, 0.2) is 11.5 Å². The number of benzene rings is 3. The molecule has 0 aromatic heterocycles. The van der Waals surface area contributed by atoms with E-state index in [-0.39, 0.29) is 38.4 Å². The predicted molar refractivity (Wildman–Crippen MR) is 145 cm³/mol. The Bertz CT molecular complexity index is 1570. The Morgan fingerprint density at radius 3 is 2.46 bits per heavy atom. The number of rotatable bonds is 8. The third-order valence-corrected chi connectivity index (χ3v) is 7.21. The maximum atomic E-state index is 12.8. The maximum Gasteiger partial charge on any atom is 0.339 e. The van der Waals surface area contributed by atoms with Gasteiger partial charge in [0.05, 0.1) is 26.3 Å². The van der Waals surface area contributed by atoms with Crippen molar-refractivity contribution in [2.75, 3.05) is 12.4 Å². The van der Waals surface area contributed by atoms with Crippen LogP contribution >= 0.6 is 34.2 Å². The summed E-state index contributed by atoms with van der Waals surface area (Å²) in [6, 6.07) is 14.3. The molecular formula is C24H17ClIN3O7S. The van der Waals surface area contributed by atoms with Crippen LogP contribution in [0.5, 0.6) is 11.5 Å². The van der Waals surface area contributed by atoms with E-state index in [0.29, 0.717) is 9.13 Å². The Labute approximate surface area is 230 Å². The van der Waals surface area contributed by atoms with Gasteiger partial charge in [0.1, 0.15) is 16.5 Å². The van der Waals surface area contributed by atoms with Gasteiger partial charge in [-0.15, -0.1) is 0 Å². The van der Waals surface area contributed by atoms with Gasteiger partial charge >= 0.3 is 10.1 Å². The lowest BCUT2D eigenvalue weighted by atomic mass is 10.1. The van der Waals surface area contributed by atoms with E-state index < -0.39 is 20.9 Å². The number of aryl methyl sites for hydroxylation is 1. The molecule has 190 valence electrons. The van der Waals surface area contributed by atoms with Crippen LogP contribution in [0.15, 0.2) is 65.1 Å². The molecule has 0 aliphatic heterocycles. The number of hydrogen-bond donors (Lipinski definition) is 1. The van der Waals surface area contributed by atoms with Crippen molar-refractivity contribution in [1.82, 2.24) is 0 Å². The van der Waals surface area contributed by atoms with Gasteiger partial charge < -0.3 is 14.2 Å². The average Bonchev–Trinajstić information content (AvgIpc) is 2.85. The number of hydrogen-bond acceptors (Lipinski definition) is 8. The van der Waals surface area contributed by atoms with Gasteiger partial charge in [-0.2, -0.15) is 13.7 Å². The summed E-state index contributed by atoms with van der Waals surface area (Å²) in [5, 5.41) is 23.0. The molecule has 0 saturated heterocycles. The van der Waals surface area contributed by atoms with Crippen LogP contribution in [0.3, 0.4) is 0 Å². The molecule has 0 aliphatic carbocycles. The molecule has 0 saturated carbocycles. The van der Waals surface area contributed by atoms with Crippen molar-refractivity contribution in [3.8, 4) is 17.6 Å². The number of methoxy groups -OCH3 is 1.